The van der Waals surface area contributed by atoms with Crippen LogP contribution in [0.3, 0.4) is 0 Å². The molecule has 88 valence electrons. The van der Waals surface area contributed by atoms with E-state index in [2.05, 4.69) is 30.3 Å². The molecule has 3 nitrogen and oxygen atoms in total. The molecule has 0 amide bonds. The van der Waals surface area contributed by atoms with Crippen molar-refractivity contribution < 1.29 is 0 Å². The maximum absolute atomic E-state index is 8.85. The summed E-state index contributed by atoms with van der Waals surface area (Å²) in [5, 5.41) is 12.0. The monoisotopic (exact) mass is 211 g/mol. The van der Waals surface area contributed by atoms with E-state index in [-0.39, 0.29) is 6.04 Å². The standard InChI is InChI=1S/C12H25N3/c1-4-6-7-9-15(3)10-8-12(11-13)14-5-2/h12,14H,4-10H2,1-3H3. The van der Waals surface area contributed by atoms with Gasteiger partial charge < -0.3 is 10.2 Å². The molecule has 0 rings (SSSR count). The predicted molar refractivity (Wildman–Crippen MR) is 64.7 cm³/mol. The molecule has 1 N–H and O–H groups in total. The molecule has 3 heteroatoms. The van der Waals surface area contributed by atoms with E-state index in [1.165, 1.54) is 19.3 Å². The second-order valence-electron chi connectivity index (χ2n) is 4.04. The number of nitriles is 1. The van der Waals surface area contributed by atoms with Gasteiger partial charge in [0.05, 0.1) is 12.1 Å². The summed E-state index contributed by atoms with van der Waals surface area (Å²) in [4.78, 5) is 2.32. The number of nitrogens with one attached hydrogen (secondary N) is 1. The Kier molecular flexibility index (Phi) is 9.55. The van der Waals surface area contributed by atoms with Crippen LogP contribution < -0.4 is 5.32 Å². The molecule has 1 atom stereocenters. The second-order valence-corrected chi connectivity index (χ2v) is 4.04. The van der Waals surface area contributed by atoms with Crippen LogP contribution in [0.4, 0.5) is 0 Å². The van der Waals surface area contributed by atoms with Gasteiger partial charge >= 0.3 is 0 Å². The highest BCUT2D eigenvalue weighted by atomic mass is 15.1. The minimum absolute atomic E-state index is 0.0172. The minimum atomic E-state index is 0.0172. The van der Waals surface area contributed by atoms with Crippen LogP contribution in [0.2, 0.25) is 0 Å². The van der Waals surface area contributed by atoms with Gasteiger partial charge in [-0.3, -0.25) is 0 Å². The fourth-order valence-corrected chi connectivity index (χ4v) is 1.55. The number of rotatable bonds is 9. The zero-order valence-electron chi connectivity index (χ0n) is 10.4. The molecule has 0 aromatic carbocycles. The van der Waals surface area contributed by atoms with Crippen molar-refractivity contribution in [3.63, 3.8) is 0 Å². The summed E-state index contributed by atoms with van der Waals surface area (Å²) in [6, 6.07) is 2.31. The van der Waals surface area contributed by atoms with Gasteiger partial charge in [0.2, 0.25) is 0 Å². The summed E-state index contributed by atoms with van der Waals surface area (Å²) in [6.07, 6.45) is 4.77. The molecule has 1 unspecified atom stereocenters. The number of hydrogen-bond donors (Lipinski definition) is 1. The fourth-order valence-electron chi connectivity index (χ4n) is 1.55. The SMILES string of the molecule is CCCCCN(C)CCC(C#N)NCC. The highest BCUT2D eigenvalue weighted by Gasteiger charge is 2.06. The Balaban J connectivity index is 3.51. The van der Waals surface area contributed by atoms with E-state index in [1.54, 1.807) is 0 Å². The van der Waals surface area contributed by atoms with Crippen molar-refractivity contribution in [3.05, 3.63) is 0 Å². The highest BCUT2D eigenvalue weighted by molar-refractivity contribution is 4.89. The van der Waals surface area contributed by atoms with E-state index >= 15 is 0 Å². The average Bonchev–Trinajstić information content (AvgIpc) is 2.24. The normalized spacial score (nSPS) is 12.7. The maximum atomic E-state index is 8.85. The highest BCUT2D eigenvalue weighted by Crippen LogP contribution is 1.98. The van der Waals surface area contributed by atoms with Crippen LogP contribution in [0, 0.1) is 11.3 Å². The zero-order chi connectivity index (χ0) is 11.5. The van der Waals surface area contributed by atoms with Gasteiger partial charge in [0.1, 0.15) is 0 Å². The van der Waals surface area contributed by atoms with E-state index in [0.29, 0.717) is 0 Å². The van der Waals surface area contributed by atoms with Crippen molar-refractivity contribution in [2.24, 2.45) is 0 Å². The Morgan fingerprint density at radius 3 is 2.53 bits per heavy atom. The molecular weight excluding hydrogens is 186 g/mol. The summed E-state index contributed by atoms with van der Waals surface area (Å²) >= 11 is 0. The molecule has 0 bridgehead atoms. The lowest BCUT2D eigenvalue weighted by Gasteiger charge is -2.18. The summed E-state index contributed by atoms with van der Waals surface area (Å²) in [5.74, 6) is 0. The molecule has 0 fully saturated rings. The average molecular weight is 211 g/mol. The van der Waals surface area contributed by atoms with E-state index in [4.69, 9.17) is 5.26 Å². The van der Waals surface area contributed by atoms with Crippen LogP contribution in [0.5, 0.6) is 0 Å². The van der Waals surface area contributed by atoms with Crippen LogP contribution in [0.15, 0.2) is 0 Å². The topological polar surface area (TPSA) is 39.1 Å². The molecule has 15 heavy (non-hydrogen) atoms. The van der Waals surface area contributed by atoms with Gasteiger partial charge in [-0.15, -0.1) is 0 Å². The third kappa shape index (κ3) is 8.41. The minimum Gasteiger partial charge on any atom is -0.306 e. The van der Waals surface area contributed by atoms with Crippen molar-refractivity contribution >= 4 is 0 Å². The Morgan fingerprint density at radius 2 is 2.00 bits per heavy atom. The van der Waals surface area contributed by atoms with E-state index < -0.39 is 0 Å². The lowest BCUT2D eigenvalue weighted by atomic mass is 10.2. The summed E-state index contributed by atoms with van der Waals surface area (Å²) < 4.78 is 0. The van der Waals surface area contributed by atoms with Crippen LogP contribution in [0.1, 0.15) is 39.5 Å². The molecule has 0 spiro atoms. The smallest absolute Gasteiger partial charge is 0.0965 e. The first-order valence-electron chi connectivity index (χ1n) is 6.06. The quantitative estimate of drug-likeness (QED) is 0.593. The summed E-state index contributed by atoms with van der Waals surface area (Å²) in [6.45, 7) is 7.29. The molecule has 0 saturated heterocycles. The molecule has 0 heterocycles. The molecule has 0 aromatic rings. The Morgan fingerprint density at radius 1 is 1.27 bits per heavy atom. The summed E-state index contributed by atoms with van der Waals surface area (Å²) in [7, 11) is 2.13. The predicted octanol–water partition coefficient (Wildman–Crippen LogP) is 2.00. The van der Waals surface area contributed by atoms with E-state index in [1.807, 2.05) is 6.92 Å². The molecular formula is C12H25N3. The lowest BCUT2D eigenvalue weighted by molar-refractivity contribution is 0.311. The van der Waals surface area contributed by atoms with Crippen LogP contribution in [-0.4, -0.2) is 37.6 Å². The number of nitrogens with zero attached hydrogens (tertiary/aromatic N) is 2. The van der Waals surface area contributed by atoms with Crippen LogP contribution >= 0.6 is 0 Å². The van der Waals surface area contributed by atoms with Gasteiger partial charge in [0.25, 0.3) is 0 Å². The van der Waals surface area contributed by atoms with Crippen molar-refractivity contribution in [1.82, 2.24) is 10.2 Å². The molecule has 0 aromatic heterocycles. The van der Waals surface area contributed by atoms with Gasteiger partial charge in [-0.2, -0.15) is 5.26 Å². The summed E-state index contributed by atoms with van der Waals surface area (Å²) in [5.41, 5.74) is 0. The first-order chi connectivity index (χ1) is 7.24. The molecule has 0 saturated carbocycles. The lowest BCUT2D eigenvalue weighted by Crippen LogP contribution is -2.32. The van der Waals surface area contributed by atoms with Crippen molar-refractivity contribution in [2.45, 2.75) is 45.6 Å². The van der Waals surface area contributed by atoms with Crippen LogP contribution in [-0.2, 0) is 0 Å². The second kappa shape index (κ2) is 9.95. The van der Waals surface area contributed by atoms with Gasteiger partial charge in [0, 0.05) is 6.54 Å². The molecule has 0 aliphatic carbocycles. The first-order valence-corrected chi connectivity index (χ1v) is 6.06. The number of unbranched alkanes of at least 4 members (excludes halogenated alkanes) is 2. The van der Waals surface area contributed by atoms with Crippen molar-refractivity contribution in [1.29, 1.82) is 5.26 Å². The van der Waals surface area contributed by atoms with Gasteiger partial charge in [-0.05, 0) is 33.0 Å². The Hall–Kier alpha value is -0.590. The van der Waals surface area contributed by atoms with E-state index in [0.717, 1.165) is 26.1 Å². The van der Waals surface area contributed by atoms with Crippen LogP contribution in [0.25, 0.3) is 0 Å². The molecule has 0 radical (unpaired) electrons. The van der Waals surface area contributed by atoms with Crippen molar-refractivity contribution in [3.8, 4) is 6.07 Å². The fraction of sp³-hybridized carbons (Fsp3) is 0.917. The Bertz CT molecular complexity index is 174. The first kappa shape index (κ1) is 14.4. The van der Waals surface area contributed by atoms with Gasteiger partial charge in [-0.25, -0.2) is 0 Å². The van der Waals surface area contributed by atoms with Crippen molar-refractivity contribution in [2.75, 3.05) is 26.7 Å². The maximum Gasteiger partial charge on any atom is 0.0965 e. The third-order valence-corrected chi connectivity index (χ3v) is 2.55. The largest absolute Gasteiger partial charge is 0.306 e. The molecule has 0 aliphatic heterocycles. The molecule has 0 aliphatic rings. The van der Waals surface area contributed by atoms with Gasteiger partial charge in [0.15, 0.2) is 0 Å². The van der Waals surface area contributed by atoms with E-state index in [9.17, 15) is 0 Å². The number of hydrogen-bond acceptors (Lipinski definition) is 3. The van der Waals surface area contributed by atoms with Gasteiger partial charge in [-0.1, -0.05) is 26.7 Å². The third-order valence-electron chi connectivity index (χ3n) is 2.55. The zero-order valence-corrected chi connectivity index (χ0v) is 10.4. The Labute approximate surface area is 94.5 Å².